The van der Waals surface area contributed by atoms with Gasteiger partial charge >= 0.3 is 0 Å². The van der Waals surface area contributed by atoms with Crippen molar-refractivity contribution in [2.45, 2.75) is 0 Å². The number of carbonyl (C=O) groups excluding carboxylic acids is 1. The van der Waals surface area contributed by atoms with Crippen molar-refractivity contribution in [3.8, 4) is 33.8 Å². The summed E-state index contributed by atoms with van der Waals surface area (Å²) in [6.45, 7) is 0. The SMILES string of the molecule is O=C(c1ccc(O)cc1)c1ccc(O)c(-c2ccccc2)c1-c1ccccc1. The quantitative estimate of drug-likeness (QED) is 0.458. The lowest BCUT2D eigenvalue weighted by atomic mass is 9.87. The lowest BCUT2D eigenvalue weighted by Gasteiger charge is -2.17. The van der Waals surface area contributed by atoms with E-state index in [1.165, 1.54) is 12.1 Å². The summed E-state index contributed by atoms with van der Waals surface area (Å²) in [4.78, 5) is 13.3. The lowest BCUT2D eigenvalue weighted by Crippen LogP contribution is -2.05. The molecule has 0 amide bonds. The van der Waals surface area contributed by atoms with Gasteiger partial charge in [0.15, 0.2) is 5.78 Å². The monoisotopic (exact) mass is 366 g/mol. The van der Waals surface area contributed by atoms with Gasteiger partial charge in [-0.15, -0.1) is 0 Å². The van der Waals surface area contributed by atoms with E-state index in [0.29, 0.717) is 22.3 Å². The summed E-state index contributed by atoms with van der Waals surface area (Å²) in [5, 5.41) is 20.2. The van der Waals surface area contributed by atoms with E-state index in [-0.39, 0.29) is 17.3 Å². The number of phenols is 2. The zero-order valence-electron chi connectivity index (χ0n) is 15.0. The first-order valence-electron chi connectivity index (χ1n) is 8.95. The van der Waals surface area contributed by atoms with Crippen molar-refractivity contribution >= 4 is 5.78 Å². The van der Waals surface area contributed by atoms with Gasteiger partial charge < -0.3 is 10.2 Å². The summed E-state index contributed by atoms with van der Waals surface area (Å²) in [5.74, 6) is 0.0545. The average Bonchev–Trinajstić information content (AvgIpc) is 2.75. The number of hydrogen-bond donors (Lipinski definition) is 2. The van der Waals surface area contributed by atoms with Crippen LogP contribution in [0.3, 0.4) is 0 Å². The minimum Gasteiger partial charge on any atom is -0.508 e. The first-order chi connectivity index (χ1) is 13.6. The fourth-order valence-electron chi connectivity index (χ4n) is 3.35. The highest BCUT2D eigenvalue weighted by Gasteiger charge is 2.21. The van der Waals surface area contributed by atoms with E-state index in [1.54, 1.807) is 24.3 Å². The van der Waals surface area contributed by atoms with Crippen LogP contribution in [0.2, 0.25) is 0 Å². The molecule has 2 N–H and O–H groups in total. The molecule has 0 bridgehead atoms. The Balaban J connectivity index is 1.99. The molecule has 0 aliphatic heterocycles. The molecule has 0 saturated carbocycles. The molecule has 0 aliphatic carbocycles. The minimum atomic E-state index is -0.170. The molecule has 0 radical (unpaired) electrons. The van der Waals surface area contributed by atoms with Crippen LogP contribution in [0.5, 0.6) is 11.5 Å². The molecule has 0 saturated heterocycles. The number of benzene rings is 4. The van der Waals surface area contributed by atoms with E-state index >= 15 is 0 Å². The Labute approximate surface area is 163 Å². The number of rotatable bonds is 4. The van der Waals surface area contributed by atoms with Crippen LogP contribution in [0, 0.1) is 0 Å². The Morgan fingerprint density at radius 2 is 1.11 bits per heavy atom. The van der Waals surface area contributed by atoms with Crippen LogP contribution in [0.15, 0.2) is 97.1 Å². The second-order valence-electron chi connectivity index (χ2n) is 6.49. The highest BCUT2D eigenvalue weighted by Crippen LogP contribution is 2.41. The number of hydrogen-bond acceptors (Lipinski definition) is 3. The van der Waals surface area contributed by atoms with Crippen molar-refractivity contribution < 1.29 is 15.0 Å². The first-order valence-corrected chi connectivity index (χ1v) is 8.95. The third kappa shape index (κ3) is 3.26. The molecule has 4 aromatic carbocycles. The van der Waals surface area contributed by atoms with Crippen molar-refractivity contribution in [3.05, 3.63) is 108 Å². The third-order valence-electron chi connectivity index (χ3n) is 4.68. The Bertz CT molecular complexity index is 1120. The van der Waals surface area contributed by atoms with Gasteiger partial charge in [0.05, 0.1) is 0 Å². The van der Waals surface area contributed by atoms with E-state index in [0.717, 1.165) is 11.1 Å². The number of aromatic hydroxyl groups is 2. The van der Waals surface area contributed by atoms with Gasteiger partial charge in [0, 0.05) is 22.3 Å². The molecular weight excluding hydrogens is 348 g/mol. The second-order valence-corrected chi connectivity index (χ2v) is 6.49. The predicted octanol–water partition coefficient (Wildman–Crippen LogP) is 5.66. The Kier molecular flexibility index (Phi) is 4.65. The molecular formula is C25H18O3. The predicted molar refractivity (Wildman–Crippen MR) is 111 cm³/mol. The number of phenolic OH excluding ortho intramolecular Hbond substituents is 2. The van der Waals surface area contributed by atoms with Crippen LogP contribution in [0.4, 0.5) is 0 Å². The maximum Gasteiger partial charge on any atom is 0.193 e. The van der Waals surface area contributed by atoms with Gasteiger partial charge in [-0.1, -0.05) is 60.7 Å². The van der Waals surface area contributed by atoms with Crippen molar-refractivity contribution in [1.82, 2.24) is 0 Å². The second kappa shape index (κ2) is 7.41. The van der Waals surface area contributed by atoms with Gasteiger partial charge in [-0.25, -0.2) is 0 Å². The molecule has 0 fully saturated rings. The molecule has 0 aliphatic rings. The van der Waals surface area contributed by atoms with Crippen LogP contribution in [0.25, 0.3) is 22.3 Å². The Morgan fingerprint density at radius 1 is 0.571 bits per heavy atom. The standard InChI is InChI=1S/C25H18O3/c26-20-13-11-19(12-14-20)25(28)21-15-16-22(27)24(18-9-5-2-6-10-18)23(21)17-7-3-1-4-8-17/h1-16,26-27H. The molecule has 0 heterocycles. The van der Waals surface area contributed by atoms with Gasteiger partial charge in [0.25, 0.3) is 0 Å². The van der Waals surface area contributed by atoms with Crippen LogP contribution in [-0.4, -0.2) is 16.0 Å². The zero-order valence-corrected chi connectivity index (χ0v) is 15.0. The number of carbonyl (C=O) groups is 1. The summed E-state index contributed by atoms with van der Waals surface area (Å²) in [5.41, 5.74) is 3.95. The molecule has 0 spiro atoms. The molecule has 3 heteroatoms. The summed E-state index contributed by atoms with van der Waals surface area (Å²) < 4.78 is 0. The fraction of sp³-hybridized carbons (Fsp3) is 0. The van der Waals surface area contributed by atoms with Crippen molar-refractivity contribution in [2.24, 2.45) is 0 Å². The molecule has 4 aromatic rings. The van der Waals surface area contributed by atoms with Gasteiger partial charge in [-0.3, -0.25) is 4.79 Å². The van der Waals surface area contributed by atoms with Gasteiger partial charge in [-0.2, -0.15) is 0 Å². The largest absolute Gasteiger partial charge is 0.508 e. The van der Waals surface area contributed by atoms with Gasteiger partial charge in [0.1, 0.15) is 11.5 Å². The molecule has 136 valence electrons. The molecule has 3 nitrogen and oxygen atoms in total. The minimum absolute atomic E-state index is 0.107. The summed E-state index contributed by atoms with van der Waals surface area (Å²) >= 11 is 0. The van der Waals surface area contributed by atoms with Crippen LogP contribution in [0.1, 0.15) is 15.9 Å². The number of ketones is 1. The van der Waals surface area contributed by atoms with E-state index in [2.05, 4.69) is 0 Å². The Hall–Kier alpha value is -3.85. The lowest BCUT2D eigenvalue weighted by molar-refractivity contribution is 0.103. The highest BCUT2D eigenvalue weighted by atomic mass is 16.3. The van der Waals surface area contributed by atoms with E-state index in [1.807, 2.05) is 60.7 Å². The van der Waals surface area contributed by atoms with Crippen molar-refractivity contribution in [3.63, 3.8) is 0 Å². The molecule has 28 heavy (non-hydrogen) atoms. The molecule has 0 atom stereocenters. The van der Waals surface area contributed by atoms with E-state index in [4.69, 9.17) is 0 Å². The average molecular weight is 366 g/mol. The van der Waals surface area contributed by atoms with Crippen LogP contribution in [-0.2, 0) is 0 Å². The topological polar surface area (TPSA) is 57.5 Å². The van der Waals surface area contributed by atoms with Crippen LogP contribution < -0.4 is 0 Å². The van der Waals surface area contributed by atoms with Crippen molar-refractivity contribution in [1.29, 1.82) is 0 Å². The third-order valence-corrected chi connectivity index (χ3v) is 4.68. The maximum atomic E-state index is 13.3. The van der Waals surface area contributed by atoms with Crippen LogP contribution >= 0.6 is 0 Å². The van der Waals surface area contributed by atoms with E-state index in [9.17, 15) is 15.0 Å². The van der Waals surface area contributed by atoms with E-state index < -0.39 is 0 Å². The first kappa shape index (κ1) is 17.6. The Morgan fingerprint density at radius 3 is 1.68 bits per heavy atom. The summed E-state index contributed by atoms with van der Waals surface area (Å²) in [7, 11) is 0. The normalized spacial score (nSPS) is 10.6. The van der Waals surface area contributed by atoms with Gasteiger partial charge in [-0.05, 0) is 47.5 Å². The molecule has 0 unspecified atom stereocenters. The zero-order chi connectivity index (χ0) is 19.5. The fourth-order valence-corrected chi connectivity index (χ4v) is 3.35. The van der Waals surface area contributed by atoms with Crippen molar-refractivity contribution in [2.75, 3.05) is 0 Å². The summed E-state index contributed by atoms with van der Waals surface area (Å²) in [6.07, 6.45) is 0. The highest BCUT2D eigenvalue weighted by molar-refractivity contribution is 6.15. The maximum absolute atomic E-state index is 13.3. The molecule has 0 aromatic heterocycles. The summed E-state index contributed by atoms with van der Waals surface area (Å²) in [6, 6.07) is 28.5. The molecule has 4 rings (SSSR count). The van der Waals surface area contributed by atoms with Gasteiger partial charge in [0.2, 0.25) is 0 Å². The smallest absolute Gasteiger partial charge is 0.193 e.